The summed E-state index contributed by atoms with van der Waals surface area (Å²) in [5, 5.41) is 0. The maximum absolute atomic E-state index is 12.2. The molecule has 0 aliphatic heterocycles. The fourth-order valence-electron chi connectivity index (χ4n) is 1.64. The Morgan fingerprint density at radius 2 is 1.75 bits per heavy atom. The first kappa shape index (κ1) is 14.6. The van der Waals surface area contributed by atoms with E-state index in [0.29, 0.717) is 10.0 Å². The maximum atomic E-state index is 12.2. The number of benzene rings is 2. The summed E-state index contributed by atoms with van der Waals surface area (Å²) in [6, 6.07) is 11.7. The van der Waals surface area contributed by atoms with Gasteiger partial charge in [-0.2, -0.15) is 0 Å². The van der Waals surface area contributed by atoms with Crippen molar-refractivity contribution >= 4 is 21.7 Å². The van der Waals surface area contributed by atoms with E-state index in [0.717, 1.165) is 12.1 Å². The fourth-order valence-corrected chi connectivity index (χ4v) is 2.10. The molecular formula is C14H8BrF3O2. The van der Waals surface area contributed by atoms with Gasteiger partial charge in [0, 0.05) is 15.6 Å². The minimum absolute atomic E-state index is 0.124. The molecule has 2 aromatic carbocycles. The number of rotatable bonds is 3. The van der Waals surface area contributed by atoms with Gasteiger partial charge in [-0.15, -0.1) is 13.2 Å². The summed E-state index contributed by atoms with van der Waals surface area (Å²) in [4.78, 5) is 12.2. The van der Waals surface area contributed by atoms with Crippen LogP contribution in [0.5, 0.6) is 5.75 Å². The first-order valence-electron chi connectivity index (χ1n) is 5.52. The number of hydrogen-bond acceptors (Lipinski definition) is 2. The lowest BCUT2D eigenvalue weighted by Gasteiger charge is -2.10. The van der Waals surface area contributed by atoms with E-state index in [1.165, 1.54) is 12.1 Å². The van der Waals surface area contributed by atoms with Gasteiger partial charge < -0.3 is 4.74 Å². The summed E-state index contributed by atoms with van der Waals surface area (Å²) in [5.74, 6) is -0.805. The number of carbonyl (C=O) groups is 1. The molecule has 0 radical (unpaired) electrons. The molecule has 0 saturated heterocycles. The van der Waals surface area contributed by atoms with E-state index in [4.69, 9.17) is 0 Å². The Morgan fingerprint density at radius 3 is 2.40 bits per heavy atom. The molecule has 0 N–H and O–H groups in total. The average Bonchev–Trinajstić information content (AvgIpc) is 2.37. The van der Waals surface area contributed by atoms with Crippen LogP contribution in [0.2, 0.25) is 0 Å². The lowest BCUT2D eigenvalue weighted by molar-refractivity contribution is -0.274. The van der Waals surface area contributed by atoms with E-state index in [1.54, 1.807) is 24.3 Å². The van der Waals surface area contributed by atoms with Crippen molar-refractivity contribution in [2.24, 2.45) is 0 Å². The van der Waals surface area contributed by atoms with Crippen molar-refractivity contribution < 1.29 is 22.7 Å². The number of hydrogen-bond donors (Lipinski definition) is 0. The van der Waals surface area contributed by atoms with Gasteiger partial charge in [0.05, 0.1) is 0 Å². The summed E-state index contributed by atoms with van der Waals surface area (Å²) in [5.41, 5.74) is 0.496. The van der Waals surface area contributed by atoms with Crippen LogP contribution in [-0.4, -0.2) is 12.1 Å². The summed E-state index contributed by atoms with van der Waals surface area (Å²) in [7, 11) is 0. The van der Waals surface area contributed by atoms with Crippen LogP contribution >= 0.6 is 15.9 Å². The van der Waals surface area contributed by atoms with E-state index in [-0.39, 0.29) is 11.3 Å². The minimum Gasteiger partial charge on any atom is -0.406 e. The molecule has 2 nitrogen and oxygen atoms in total. The van der Waals surface area contributed by atoms with E-state index < -0.39 is 12.1 Å². The number of halogens is 4. The molecule has 20 heavy (non-hydrogen) atoms. The second kappa shape index (κ2) is 5.66. The van der Waals surface area contributed by atoms with Gasteiger partial charge in [0.25, 0.3) is 0 Å². The molecule has 0 aliphatic rings. The Bertz CT molecular complexity index is 638. The third-order valence-corrected chi connectivity index (χ3v) is 3.14. The molecule has 0 unspecified atom stereocenters. The first-order chi connectivity index (χ1) is 9.37. The Labute approximate surface area is 121 Å². The number of ether oxygens (including phenoxy) is 1. The van der Waals surface area contributed by atoms with Crippen LogP contribution in [0.25, 0.3) is 0 Å². The molecule has 2 aromatic rings. The van der Waals surface area contributed by atoms with Crippen LogP contribution in [-0.2, 0) is 0 Å². The molecule has 0 atom stereocenters. The Hall–Kier alpha value is -1.82. The molecule has 0 saturated carbocycles. The van der Waals surface area contributed by atoms with Gasteiger partial charge in [-0.25, -0.2) is 0 Å². The van der Waals surface area contributed by atoms with Gasteiger partial charge in [-0.1, -0.05) is 40.2 Å². The second-order valence-electron chi connectivity index (χ2n) is 3.88. The molecule has 104 valence electrons. The van der Waals surface area contributed by atoms with Crippen LogP contribution in [0.1, 0.15) is 15.9 Å². The highest BCUT2D eigenvalue weighted by Crippen LogP contribution is 2.25. The van der Waals surface area contributed by atoms with E-state index in [2.05, 4.69) is 20.7 Å². The third-order valence-electron chi connectivity index (χ3n) is 2.45. The predicted molar refractivity (Wildman–Crippen MR) is 70.7 cm³/mol. The average molecular weight is 345 g/mol. The van der Waals surface area contributed by atoms with Crippen molar-refractivity contribution in [2.75, 3.05) is 0 Å². The van der Waals surface area contributed by atoms with Gasteiger partial charge in [0.2, 0.25) is 0 Å². The van der Waals surface area contributed by atoms with E-state index >= 15 is 0 Å². The zero-order valence-corrected chi connectivity index (χ0v) is 11.5. The van der Waals surface area contributed by atoms with Crippen LogP contribution in [0, 0.1) is 0 Å². The zero-order valence-electron chi connectivity index (χ0n) is 9.95. The van der Waals surface area contributed by atoms with Gasteiger partial charge in [0.1, 0.15) is 5.75 Å². The quantitative estimate of drug-likeness (QED) is 0.762. The molecule has 0 aliphatic carbocycles. The van der Waals surface area contributed by atoms with E-state index in [1.807, 2.05) is 0 Å². The highest BCUT2D eigenvalue weighted by molar-refractivity contribution is 9.10. The molecule has 6 heteroatoms. The SMILES string of the molecule is O=C(c1cccc(OC(F)(F)F)c1)c1ccccc1Br. The zero-order chi connectivity index (χ0) is 14.8. The highest BCUT2D eigenvalue weighted by Gasteiger charge is 2.31. The first-order valence-corrected chi connectivity index (χ1v) is 6.31. The molecule has 0 aromatic heterocycles. The fraction of sp³-hybridized carbons (Fsp3) is 0.0714. The Kier molecular flexibility index (Phi) is 4.13. The number of alkyl halides is 3. The monoisotopic (exact) mass is 344 g/mol. The third kappa shape index (κ3) is 3.60. The molecule has 0 fully saturated rings. The van der Waals surface area contributed by atoms with Crippen molar-refractivity contribution in [1.82, 2.24) is 0 Å². The summed E-state index contributed by atoms with van der Waals surface area (Å²) >= 11 is 3.23. The molecule has 0 spiro atoms. The van der Waals surface area contributed by atoms with Crippen LogP contribution in [0.15, 0.2) is 53.0 Å². The van der Waals surface area contributed by atoms with E-state index in [9.17, 15) is 18.0 Å². The maximum Gasteiger partial charge on any atom is 0.573 e. The summed E-state index contributed by atoms with van der Waals surface area (Å²) in [6.07, 6.45) is -4.78. The lowest BCUT2D eigenvalue weighted by atomic mass is 10.0. The Morgan fingerprint density at radius 1 is 1.05 bits per heavy atom. The second-order valence-corrected chi connectivity index (χ2v) is 4.74. The van der Waals surface area contributed by atoms with Crippen molar-refractivity contribution in [3.05, 3.63) is 64.1 Å². The molecule has 0 bridgehead atoms. The smallest absolute Gasteiger partial charge is 0.406 e. The predicted octanol–water partition coefficient (Wildman–Crippen LogP) is 4.58. The van der Waals surface area contributed by atoms with Gasteiger partial charge in [-0.05, 0) is 24.3 Å². The van der Waals surface area contributed by atoms with Crippen LogP contribution < -0.4 is 4.74 Å². The normalized spacial score (nSPS) is 11.2. The van der Waals surface area contributed by atoms with Gasteiger partial charge >= 0.3 is 6.36 Å². The number of ketones is 1. The topological polar surface area (TPSA) is 26.3 Å². The lowest BCUT2D eigenvalue weighted by Crippen LogP contribution is -2.17. The standard InChI is InChI=1S/C14H8BrF3O2/c15-12-7-2-1-6-11(12)13(19)9-4-3-5-10(8-9)20-14(16,17)18/h1-8H. The number of carbonyl (C=O) groups excluding carboxylic acids is 1. The largest absolute Gasteiger partial charge is 0.573 e. The van der Waals surface area contributed by atoms with Crippen molar-refractivity contribution in [3.8, 4) is 5.75 Å². The van der Waals surface area contributed by atoms with Crippen molar-refractivity contribution in [2.45, 2.75) is 6.36 Å². The van der Waals surface area contributed by atoms with Crippen LogP contribution in [0.3, 0.4) is 0 Å². The molecule has 0 amide bonds. The van der Waals surface area contributed by atoms with Crippen molar-refractivity contribution in [1.29, 1.82) is 0 Å². The molecule has 2 rings (SSSR count). The summed E-state index contributed by atoms with van der Waals surface area (Å²) < 4.78 is 40.8. The van der Waals surface area contributed by atoms with Crippen LogP contribution in [0.4, 0.5) is 13.2 Å². The van der Waals surface area contributed by atoms with Gasteiger partial charge in [0.15, 0.2) is 5.78 Å². The summed E-state index contributed by atoms with van der Waals surface area (Å²) in [6.45, 7) is 0. The Balaban J connectivity index is 2.32. The van der Waals surface area contributed by atoms with Crippen molar-refractivity contribution in [3.63, 3.8) is 0 Å². The molecule has 0 heterocycles. The molecular weight excluding hydrogens is 337 g/mol. The highest BCUT2D eigenvalue weighted by atomic mass is 79.9. The minimum atomic E-state index is -4.78. The van der Waals surface area contributed by atoms with Gasteiger partial charge in [-0.3, -0.25) is 4.79 Å².